The molecule has 0 aliphatic carbocycles. The van der Waals surface area contributed by atoms with E-state index in [-0.39, 0.29) is 0 Å². The molecule has 1 N–H and O–H groups in total. The standard InChI is InChI=1S/C13H12Cl2N4/c14-11-2-1-10(5-12(11)15)18-19-4-3-9-6-16-8-17-13(9)7-19/h1-2,5-6,8,18H,3-4,7H2. The highest BCUT2D eigenvalue weighted by molar-refractivity contribution is 6.42. The second kappa shape index (κ2) is 5.33. The maximum Gasteiger partial charge on any atom is 0.115 e. The fourth-order valence-corrected chi connectivity index (χ4v) is 2.39. The van der Waals surface area contributed by atoms with Gasteiger partial charge in [0.1, 0.15) is 6.33 Å². The molecular formula is C13H12Cl2N4. The molecule has 4 nitrogen and oxygen atoms in total. The number of hydrogen-bond acceptors (Lipinski definition) is 4. The van der Waals surface area contributed by atoms with E-state index >= 15 is 0 Å². The summed E-state index contributed by atoms with van der Waals surface area (Å²) in [7, 11) is 0. The number of nitrogens with zero attached hydrogens (tertiary/aromatic N) is 3. The van der Waals surface area contributed by atoms with Gasteiger partial charge in [0.2, 0.25) is 0 Å². The van der Waals surface area contributed by atoms with Gasteiger partial charge in [0.15, 0.2) is 0 Å². The zero-order chi connectivity index (χ0) is 13.2. The van der Waals surface area contributed by atoms with Gasteiger partial charge in [-0.2, -0.15) is 0 Å². The van der Waals surface area contributed by atoms with Crippen LogP contribution in [0.25, 0.3) is 0 Å². The van der Waals surface area contributed by atoms with E-state index in [1.165, 1.54) is 5.56 Å². The average molecular weight is 295 g/mol. The van der Waals surface area contributed by atoms with Gasteiger partial charge in [-0.3, -0.25) is 0 Å². The SMILES string of the molecule is Clc1ccc(NN2CCc3cncnc3C2)cc1Cl. The molecule has 19 heavy (non-hydrogen) atoms. The van der Waals surface area contributed by atoms with Gasteiger partial charge >= 0.3 is 0 Å². The molecule has 1 aromatic carbocycles. The number of hydrazine groups is 1. The van der Waals surface area contributed by atoms with Gasteiger partial charge in [0.25, 0.3) is 0 Å². The van der Waals surface area contributed by atoms with Gasteiger partial charge in [-0.1, -0.05) is 23.2 Å². The number of halogens is 2. The lowest BCUT2D eigenvalue weighted by molar-refractivity contribution is 0.302. The molecule has 1 aliphatic heterocycles. The molecule has 1 aliphatic rings. The van der Waals surface area contributed by atoms with E-state index in [0.29, 0.717) is 10.0 Å². The zero-order valence-corrected chi connectivity index (χ0v) is 11.6. The lowest BCUT2D eigenvalue weighted by Gasteiger charge is -2.28. The average Bonchev–Trinajstić information content (AvgIpc) is 2.43. The fourth-order valence-electron chi connectivity index (χ4n) is 2.09. The Hall–Kier alpha value is -1.36. The van der Waals surface area contributed by atoms with Crippen molar-refractivity contribution in [1.82, 2.24) is 15.0 Å². The first kappa shape index (κ1) is 12.7. The van der Waals surface area contributed by atoms with Crippen LogP contribution >= 0.6 is 23.2 Å². The Morgan fingerprint density at radius 3 is 2.95 bits per heavy atom. The van der Waals surface area contributed by atoms with Gasteiger partial charge in [-0.25, -0.2) is 15.0 Å². The first-order chi connectivity index (χ1) is 9.22. The van der Waals surface area contributed by atoms with Crippen LogP contribution in [0, 0.1) is 0 Å². The van der Waals surface area contributed by atoms with Crippen molar-refractivity contribution in [2.45, 2.75) is 13.0 Å². The molecule has 0 radical (unpaired) electrons. The quantitative estimate of drug-likeness (QED) is 0.924. The smallest absolute Gasteiger partial charge is 0.115 e. The second-order valence-corrected chi connectivity index (χ2v) is 5.22. The van der Waals surface area contributed by atoms with Crippen LogP contribution in [0.5, 0.6) is 0 Å². The largest absolute Gasteiger partial charge is 0.318 e. The van der Waals surface area contributed by atoms with Crippen LogP contribution < -0.4 is 5.43 Å². The van der Waals surface area contributed by atoms with E-state index in [0.717, 1.165) is 30.9 Å². The van der Waals surface area contributed by atoms with Crippen LogP contribution in [0.1, 0.15) is 11.3 Å². The highest BCUT2D eigenvalue weighted by Crippen LogP contribution is 2.26. The Kier molecular flexibility index (Phi) is 3.55. The zero-order valence-electron chi connectivity index (χ0n) is 10.1. The Balaban J connectivity index is 1.73. The summed E-state index contributed by atoms with van der Waals surface area (Å²) in [5.74, 6) is 0. The molecule has 0 atom stereocenters. The minimum atomic E-state index is 0.548. The summed E-state index contributed by atoms with van der Waals surface area (Å²) in [6.07, 6.45) is 4.41. The predicted molar refractivity (Wildman–Crippen MR) is 76.2 cm³/mol. The summed E-state index contributed by atoms with van der Waals surface area (Å²) < 4.78 is 0. The van der Waals surface area contributed by atoms with E-state index in [2.05, 4.69) is 20.4 Å². The van der Waals surface area contributed by atoms with E-state index in [1.807, 2.05) is 18.3 Å². The van der Waals surface area contributed by atoms with Gasteiger partial charge in [0.05, 0.1) is 28.0 Å². The maximum atomic E-state index is 6.00. The van der Waals surface area contributed by atoms with Crippen molar-refractivity contribution in [1.29, 1.82) is 0 Å². The molecule has 0 saturated heterocycles. The summed E-state index contributed by atoms with van der Waals surface area (Å²) in [6.45, 7) is 1.65. The highest BCUT2D eigenvalue weighted by atomic mass is 35.5. The van der Waals surface area contributed by atoms with E-state index in [9.17, 15) is 0 Å². The molecule has 3 rings (SSSR count). The van der Waals surface area contributed by atoms with Crippen molar-refractivity contribution >= 4 is 28.9 Å². The van der Waals surface area contributed by atoms with Crippen molar-refractivity contribution in [3.63, 3.8) is 0 Å². The van der Waals surface area contributed by atoms with Crippen LogP contribution in [-0.2, 0) is 13.0 Å². The third kappa shape index (κ3) is 2.81. The molecule has 6 heteroatoms. The van der Waals surface area contributed by atoms with Crippen molar-refractivity contribution in [3.05, 3.63) is 52.0 Å². The minimum absolute atomic E-state index is 0.548. The van der Waals surface area contributed by atoms with Crippen molar-refractivity contribution < 1.29 is 0 Å². The third-order valence-corrected chi connectivity index (χ3v) is 3.82. The van der Waals surface area contributed by atoms with Crippen LogP contribution in [0.2, 0.25) is 10.0 Å². The topological polar surface area (TPSA) is 41.0 Å². The lowest BCUT2D eigenvalue weighted by Crippen LogP contribution is -2.35. The number of aromatic nitrogens is 2. The molecule has 0 saturated carbocycles. The summed E-state index contributed by atoms with van der Waals surface area (Å²) in [5, 5.41) is 3.21. The molecule has 98 valence electrons. The second-order valence-electron chi connectivity index (χ2n) is 4.41. The van der Waals surface area contributed by atoms with Crippen LogP contribution in [-0.4, -0.2) is 21.5 Å². The number of benzene rings is 1. The Labute approximate surface area is 121 Å². The number of nitrogens with one attached hydrogen (secondary N) is 1. The van der Waals surface area contributed by atoms with Crippen molar-refractivity contribution in [3.8, 4) is 0 Å². The molecule has 1 aromatic heterocycles. The molecular weight excluding hydrogens is 283 g/mol. The van der Waals surface area contributed by atoms with E-state index < -0.39 is 0 Å². The molecule has 0 bridgehead atoms. The predicted octanol–water partition coefficient (Wildman–Crippen LogP) is 3.17. The van der Waals surface area contributed by atoms with Gasteiger partial charge in [0, 0.05) is 12.7 Å². The molecule has 2 aromatic rings. The fraction of sp³-hybridized carbons (Fsp3) is 0.231. The lowest BCUT2D eigenvalue weighted by atomic mass is 10.1. The first-order valence-corrected chi connectivity index (χ1v) is 6.72. The Morgan fingerprint density at radius 1 is 1.21 bits per heavy atom. The van der Waals surface area contributed by atoms with Crippen LogP contribution in [0.3, 0.4) is 0 Å². The van der Waals surface area contributed by atoms with E-state index in [4.69, 9.17) is 23.2 Å². The Morgan fingerprint density at radius 2 is 2.11 bits per heavy atom. The number of hydrogen-bond donors (Lipinski definition) is 1. The van der Waals surface area contributed by atoms with Gasteiger partial charge < -0.3 is 5.43 Å². The maximum absolute atomic E-state index is 6.00. The summed E-state index contributed by atoms with van der Waals surface area (Å²) in [6, 6.07) is 5.51. The van der Waals surface area contributed by atoms with Gasteiger partial charge in [-0.05, 0) is 30.2 Å². The van der Waals surface area contributed by atoms with Crippen molar-refractivity contribution in [2.75, 3.05) is 12.0 Å². The number of fused-ring (bicyclic) bond motifs is 1. The van der Waals surface area contributed by atoms with Crippen molar-refractivity contribution in [2.24, 2.45) is 0 Å². The van der Waals surface area contributed by atoms with E-state index in [1.54, 1.807) is 12.4 Å². The number of anilines is 1. The molecule has 0 fully saturated rings. The third-order valence-electron chi connectivity index (χ3n) is 3.08. The Bertz CT molecular complexity index is 603. The highest BCUT2D eigenvalue weighted by Gasteiger charge is 2.17. The monoisotopic (exact) mass is 294 g/mol. The molecule has 0 spiro atoms. The number of rotatable bonds is 2. The van der Waals surface area contributed by atoms with Crippen LogP contribution in [0.4, 0.5) is 5.69 Å². The minimum Gasteiger partial charge on any atom is -0.318 e. The summed E-state index contributed by atoms with van der Waals surface area (Å²) in [5.41, 5.74) is 6.52. The normalized spacial score (nSPS) is 15.1. The molecule has 0 amide bonds. The molecule has 0 unspecified atom stereocenters. The van der Waals surface area contributed by atoms with Gasteiger partial charge in [-0.15, -0.1) is 0 Å². The van der Waals surface area contributed by atoms with Crippen LogP contribution in [0.15, 0.2) is 30.7 Å². The first-order valence-electron chi connectivity index (χ1n) is 5.97. The molecule has 2 heterocycles. The summed E-state index contributed by atoms with van der Waals surface area (Å²) >= 11 is 11.9. The summed E-state index contributed by atoms with van der Waals surface area (Å²) in [4.78, 5) is 8.35.